The number of furan rings is 1. The van der Waals surface area contributed by atoms with Gasteiger partial charge >= 0.3 is 0 Å². The largest absolute Gasteiger partial charge is 0.455 e. The second-order valence-corrected chi connectivity index (χ2v) is 7.76. The molecular formula is C19H17N3O5S. The molecule has 1 heterocycles. The molecule has 9 heteroatoms. The summed E-state index contributed by atoms with van der Waals surface area (Å²) in [4.78, 5) is 12.6. The first-order valence-electron chi connectivity index (χ1n) is 8.23. The normalized spacial score (nSPS) is 11.6. The molecule has 0 spiro atoms. The topological polar surface area (TPSA) is 115 Å². The molecule has 2 aromatic carbocycles. The third kappa shape index (κ3) is 4.26. The van der Waals surface area contributed by atoms with Gasteiger partial charge in [0, 0.05) is 17.7 Å². The lowest BCUT2D eigenvalue weighted by atomic mass is 10.1. The Bertz CT molecular complexity index is 1150. The highest BCUT2D eigenvalue weighted by Crippen LogP contribution is 2.24. The smallest absolute Gasteiger partial charge is 0.276 e. The first-order valence-corrected chi connectivity index (χ1v) is 9.71. The van der Waals surface area contributed by atoms with Gasteiger partial charge < -0.3 is 4.42 Å². The summed E-state index contributed by atoms with van der Waals surface area (Å²) in [6.07, 6.45) is 1.25. The summed E-state index contributed by atoms with van der Waals surface area (Å²) in [5, 5.41) is 14.5. The van der Waals surface area contributed by atoms with E-state index >= 15 is 0 Å². The van der Waals surface area contributed by atoms with E-state index in [4.69, 9.17) is 4.42 Å². The lowest BCUT2D eigenvalue weighted by Gasteiger charge is -2.07. The molecule has 0 aliphatic rings. The van der Waals surface area contributed by atoms with Crippen molar-refractivity contribution in [1.82, 2.24) is 4.83 Å². The average molecular weight is 399 g/mol. The quantitative estimate of drug-likeness (QED) is 0.385. The van der Waals surface area contributed by atoms with E-state index < -0.39 is 14.9 Å². The molecule has 3 rings (SSSR count). The fourth-order valence-electron chi connectivity index (χ4n) is 2.53. The minimum atomic E-state index is -3.80. The van der Waals surface area contributed by atoms with E-state index in [0.717, 1.165) is 5.56 Å². The van der Waals surface area contributed by atoms with Crippen molar-refractivity contribution in [3.05, 3.63) is 81.6 Å². The van der Waals surface area contributed by atoms with E-state index in [1.807, 2.05) is 13.0 Å². The van der Waals surface area contributed by atoms with Crippen molar-refractivity contribution in [2.45, 2.75) is 18.7 Å². The predicted molar refractivity (Wildman–Crippen MR) is 105 cm³/mol. The molecule has 0 aliphatic carbocycles. The standard InChI is InChI=1S/C19H17N3O5S/c1-13-3-4-14(2)19(11-13)28(25,26)21-20-12-17-9-10-18(27-17)15-5-7-16(8-6-15)22(23)24/h3-12,21H,1-2H3. The molecule has 0 aliphatic heterocycles. The van der Waals surface area contributed by atoms with E-state index in [1.54, 1.807) is 43.3 Å². The molecule has 0 fully saturated rings. The van der Waals surface area contributed by atoms with Crippen LogP contribution in [0.4, 0.5) is 5.69 Å². The molecule has 0 atom stereocenters. The number of hydrogen-bond donors (Lipinski definition) is 1. The van der Waals surface area contributed by atoms with Crippen molar-refractivity contribution in [2.75, 3.05) is 0 Å². The maximum Gasteiger partial charge on any atom is 0.276 e. The number of hydrazone groups is 1. The molecule has 3 aromatic rings. The zero-order valence-corrected chi connectivity index (χ0v) is 15.9. The molecule has 1 N–H and O–H groups in total. The molecule has 1 aromatic heterocycles. The number of sulfonamides is 1. The Labute approximate surface area is 161 Å². The maximum absolute atomic E-state index is 12.4. The molecule has 0 amide bonds. The summed E-state index contributed by atoms with van der Waals surface area (Å²) < 4.78 is 30.4. The van der Waals surface area contributed by atoms with Crippen LogP contribution in [0.3, 0.4) is 0 Å². The Balaban J connectivity index is 1.73. The van der Waals surface area contributed by atoms with Gasteiger partial charge in [-0.05, 0) is 55.3 Å². The fourth-order valence-corrected chi connectivity index (χ4v) is 3.65. The van der Waals surface area contributed by atoms with E-state index in [2.05, 4.69) is 9.93 Å². The number of rotatable bonds is 6. The molecule has 8 nitrogen and oxygen atoms in total. The van der Waals surface area contributed by atoms with Gasteiger partial charge in [0.2, 0.25) is 0 Å². The molecule has 0 radical (unpaired) electrons. The van der Waals surface area contributed by atoms with Gasteiger partial charge in [0.1, 0.15) is 11.5 Å². The van der Waals surface area contributed by atoms with E-state index in [-0.39, 0.29) is 10.6 Å². The van der Waals surface area contributed by atoms with Gasteiger partial charge in [0.25, 0.3) is 15.7 Å². The van der Waals surface area contributed by atoms with Crippen LogP contribution in [0.2, 0.25) is 0 Å². The van der Waals surface area contributed by atoms with Gasteiger partial charge in [0.15, 0.2) is 0 Å². The average Bonchev–Trinajstić information content (AvgIpc) is 3.12. The summed E-state index contributed by atoms with van der Waals surface area (Å²) in [6, 6.07) is 14.3. The number of aryl methyl sites for hydroxylation is 2. The van der Waals surface area contributed by atoms with Crippen LogP contribution in [-0.2, 0) is 10.0 Å². The second kappa shape index (κ2) is 7.65. The third-order valence-corrected chi connectivity index (χ3v) is 5.35. The lowest BCUT2D eigenvalue weighted by Crippen LogP contribution is -2.19. The van der Waals surface area contributed by atoms with Gasteiger partial charge in [0.05, 0.1) is 16.0 Å². The summed E-state index contributed by atoms with van der Waals surface area (Å²) in [6.45, 7) is 3.52. The van der Waals surface area contributed by atoms with E-state index in [0.29, 0.717) is 22.6 Å². The Morgan fingerprint density at radius 2 is 1.79 bits per heavy atom. The van der Waals surface area contributed by atoms with Crippen molar-refractivity contribution in [3.8, 4) is 11.3 Å². The number of non-ortho nitro benzene ring substituents is 1. The van der Waals surface area contributed by atoms with Crippen molar-refractivity contribution in [3.63, 3.8) is 0 Å². The second-order valence-electron chi connectivity index (χ2n) is 6.13. The number of nitro benzene ring substituents is 1. The van der Waals surface area contributed by atoms with E-state index in [1.165, 1.54) is 18.3 Å². The molecule has 0 bridgehead atoms. The number of benzene rings is 2. The first-order chi connectivity index (χ1) is 13.3. The molecule has 0 saturated heterocycles. The highest BCUT2D eigenvalue weighted by molar-refractivity contribution is 7.89. The van der Waals surface area contributed by atoms with Gasteiger partial charge in [-0.25, -0.2) is 0 Å². The molecule has 0 unspecified atom stereocenters. The molecule has 0 saturated carbocycles. The molecule has 144 valence electrons. The maximum atomic E-state index is 12.4. The van der Waals surface area contributed by atoms with Crippen LogP contribution >= 0.6 is 0 Å². The van der Waals surface area contributed by atoms with Crippen LogP contribution in [0.15, 0.2) is 69.0 Å². The van der Waals surface area contributed by atoms with Crippen LogP contribution < -0.4 is 4.83 Å². The molecular weight excluding hydrogens is 382 g/mol. The highest BCUT2D eigenvalue weighted by atomic mass is 32.2. The fraction of sp³-hybridized carbons (Fsp3) is 0.105. The SMILES string of the molecule is Cc1ccc(C)c(S(=O)(=O)NN=Cc2ccc(-c3ccc([N+](=O)[O-])cc3)o2)c1. The minimum Gasteiger partial charge on any atom is -0.455 e. The summed E-state index contributed by atoms with van der Waals surface area (Å²) >= 11 is 0. The van der Waals surface area contributed by atoms with Crippen LogP contribution in [0.5, 0.6) is 0 Å². The third-order valence-electron chi connectivity index (χ3n) is 3.99. The highest BCUT2D eigenvalue weighted by Gasteiger charge is 2.16. The van der Waals surface area contributed by atoms with Gasteiger partial charge in [-0.2, -0.15) is 18.4 Å². The minimum absolute atomic E-state index is 0.0158. The van der Waals surface area contributed by atoms with Crippen LogP contribution in [0.25, 0.3) is 11.3 Å². The van der Waals surface area contributed by atoms with Crippen LogP contribution in [0.1, 0.15) is 16.9 Å². The number of nitrogens with zero attached hydrogens (tertiary/aromatic N) is 2. The zero-order chi connectivity index (χ0) is 20.3. The van der Waals surface area contributed by atoms with Crippen LogP contribution in [-0.4, -0.2) is 19.6 Å². The Kier molecular flexibility index (Phi) is 5.27. The van der Waals surface area contributed by atoms with E-state index in [9.17, 15) is 18.5 Å². The first kappa shape index (κ1) is 19.3. The van der Waals surface area contributed by atoms with Crippen molar-refractivity contribution < 1.29 is 17.8 Å². The van der Waals surface area contributed by atoms with Gasteiger partial charge in [-0.3, -0.25) is 10.1 Å². The van der Waals surface area contributed by atoms with Gasteiger partial charge in [-0.15, -0.1) is 0 Å². The van der Waals surface area contributed by atoms with Crippen molar-refractivity contribution in [2.24, 2.45) is 5.10 Å². The summed E-state index contributed by atoms with van der Waals surface area (Å²) in [7, 11) is -3.80. The number of nitrogens with one attached hydrogen (secondary N) is 1. The summed E-state index contributed by atoms with van der Waals surface area (Å²) in [5.41, 5.74) is 2.08. The Morgan fingerprint density at radius 3 is 2.46 bits per heavy atom. The number of hydrogen-bond acceptors (Lipinski definition) is 6. The number of nitro groups is 1. The predicted octanol–water partition coefficient (Wildman–Crippen LogP) is 3.78. The Morgan fingerprint density at radius 1 is 1.07 bits per heavy atom. The monoisotopic (exact) mass is 399 g/mol. The zero-order valence-electron chi connectivity index (χ0n) is 15.1. The molecule has 28 heavy (non-hydrogen) atoms. The van der Waals surface area contributed by atoms with Crippen LogP contribution in [0, 0.1) is 24.0 Å². The van der Waals surface area contributed by atoms with Crippen molar-refractivity contribution in [1.29, 1.82) is 0 Å². The summed E-state index contributed by atoms with van der Waals surface area (Å²) in [5.74, 6) is 0.811. The van der Waals surface area contributed by atoms with Crippen molar-refractivity contribution >= 4 is 21.9 Å². The van der Waals surface area contributed by atoms with Gasteiger partial charge in [-0.1, -0.05) is 12.1 Å². The lowest BCUT2D eigenvalue weighted by molar-refractivity contribution is -0.384. The Hall–Kier alpha value is -3.46.